The Labute approximate surface area is 155 Å². The van der Waals surface area contributed by atoms with Crippen LogP contribution in [-0.4, -0.2) is 20.7 Å². The lowest BCUT2D eigenvalue weighted by Gasteiger charge is -2.08. The molecule has 0 aliphatic carbocycles. The molecule has 0 atom stereocenters. The Balaban J connectivity index is 1.83. The van der Waals surface area contributed by atoms with Crippen LogP contribution in [-0.2, 0) is 6.18 Å². The van der Waals surface area contributed by atoms with Crippen molar-refractivity contribution in [3.05, 3.63) is 70.1 Å². The largest absolute Gasteiger partial charge is 0.417 e. The molecule has 0 spiro atoms. The van der Waals surface area contributed by atoms with Crippen molar-refractivity contribution >= 4 is 27.5 Å². The number of benzene rings is 1. The maximum Gasteiger partial charge on any atom is 0.417 e. The minimum Gasteiger partial charge on any atom is -0.322 e. The molecule has 0 unspecified atom stereocenters. The second-order valence-corrected chi connectivity index (χ2v) is 6.33. The van der Waals surface area contributed by atoms with Crippen molar-refractivity contribution in [2.24, 2.45) is 0 Å². The summed E-state index contributed by atoms with van der Waals surface area (Å²) in [6.07, 6.45) is -2.37. The summed E-state index contributed by atoms with van der Waals surface area (Å²) < 4.78 is 40.1. The van der Waals surface area contributed by atoms with Crippen LogP contribution in [0.2, 0.25) is 0 Å². The Morgan fingerprint density at radius 3 is 2.38 bits per heavy atom. The topological polar surface area (TPSA) is 59.8 Å². The summed E-state index contributed by atoms with van der Waals surface area (Å²) in [7, 11) is 0. The molecule has 0 fully saturated rings. The smallest absolute Gasteiger partial charge is 0.322 e. The average molecular weight is 425 g/mol. The molecule has 3 rings (SSSR count). The van der Waals surface area contributed by atoms with E-state index in [2.05, 4.69) is 31.3 Å². The molecule has 0 radical (unpaired) electrons. The number of hydrogen-bond donors (Lipinski definition) is 1. The van der Waals surface area contributed by atoms with Crippen LogP contribution in [0.25, 0.3) is 5.82 Å². The zero-order chi connectivity index (χ0) is 18.9. The van der Waals surface area contributed by atoms with E-state index in [4.69, 9.17) is 0 Å². The van der Waals surface area contributed by atoms with Crippen LogP contribution in [0, 0.1) is 6.92 Å². The van der Waals surface area contributed by atoms with Gasteiger partial charge < -0.3 is 5.32 Å². The van der Waals surface area contributed by atoms with Crippen LogP contribution in [0.15, 0.2) is 53.3 Å². The van der Waals surface area contributed by atoms with Crippen LogP contribution in [0.5, 0.6) is 0 Å². The van der Waals surface area contributed by atoms with E-state index in [0.717, 1.165) is 16.7 Å². The Bertz CT molecular complexity index is 934. The van der Waals surface area contributed by atoms with E-state index >= 15 is 0 Å². The number of rotatable bonds is 3. The van der Waals surface area contributed by atoms with Crippen molar-refractivity contribution in [2.45, 2.75) is 13.1 Å². The predicted octanol–water partition coefficient (Wildman–Crippen LogP) is 4.61. The lowest BCUT2D eigenvalue weighted by atomic mass is 10.2. The number of carbonyl (C=O) groups excluding carboxylic acids is 1. The lowest BCUT2D eigenvalue weighted by molar-refractivity contribution is -0.137. The first kappa shape index (κ1) is 18.1. The van der Waals surface area contributed by atoms with E-state index in [-0.39, 0.29) is 11.7 Å². The second-order valence-electron chi connectivity index (χ2n) is 5.42. The van der Waals surface area contributed by atoms with Crippen LogP contribution in [0.1, 0.15) is 21.6 Å². The van der Waals surface area contributed by atoms with Gasteiger partial charge in [-0.15, -0.1) is 0 Å². The van der Waals surface area contributed by atoms with Gasteiger partial charge in [0, 0.05) is 16.4 Å². The van der Waals surface area contributed by atoms with E-state index in [1.807, 2.05) is 0 Å². The molecule has 0 aliphatic rings. The molecule has 1 amide bonds. The molecule has 2 heterocycles. The molecule has 0 saturated heterocycles. The third-order valence-corrected chi connectivity index (χ3v) is 4.18. The molecule has 26 heavy (non-hydrogen) atoms. The normalized spacial score (nSPS) is 11.4. The van der Waals surface area contributed by atoms with Gasteiger partial charge in [0.1, 0.15) is 0 Å². The minimum atomic E-state index is -4.46. The van der Waals surface area contributed by atoms with E-state index in [1.54, 1.807) is 31.2 Å². The first-order valence-electron chi connectivity index (χ1n) is 7.41. The Morgan fingerprint density at radius 2 is 1.81 bits per heavy atom. The van der Waals surface area contributed by atoms with Gasteiger partial charge in [-0.05, 0) is 43.3 Å². The number of anilines is 1. The maximum atomic E-state index is 12.6. The highest BCUT2D eigenvalue weighted by molar-refractivity contribution is 9.10. The summed E-state index contributed by atoms with van der Waals surface area (Å²) in [5.74, 6) is -0.179. The highest BCUT2D eigenvalue weighted by atomic mass is 79.9. The number of amides is 1. The van der Waals surface area contributed by atoms with Gasteiger partial charge in [-0.3, -0.25) is 4.79 Å². The summed E-state index contributed by atoms with van der Waals surface area (Å²) >= 11 is 3.31. The van der Waals surface area contributed by atoms with Crippen LogP contribution >= 0.6 is 15.9 Å². The molecule has 0 saturated carbocycles. The fourth-order valence-electron chi connectivity index (χ4n) is 2.27. The first-order valence-corrected chi connectivity index (χ1v) is 8.20. The van der Waals surface area contributed by atoms with Crippen LogP contribution in [0.3, 0.4) is 0 Å². The van der Waals surface area contributed by atoms with Gasteiger partial charge in [0.2, 0.25) is 0 Å². The predicted molar refractivity (Wildman–Crippen MR) is 93.2 cm³/mol. The number of hydrogen-bond acceptors (Lipinski definition) is 3. The standard InChI is InChI=1S/C17H12BrF3N4O/c1-10-14(16(26)24-13-5-3-12(18)4-6-13)9-23-25(10)15-7-2-11(8-22-15)17(19,20)21/h2-9H,1H3,(H,24,26). The van der Waals surface area contributed by atoms with Crippen molar-refractivity contribution in [3.63, 3.8) is 0 Å². The number of nitrogens with zero attached hydrogens (tertiary/aromatic N) is 3. The second kappa shape index (κ2) is 6.91. The van der Waals surface area contributed by atoms with Gasteiger partial charge in [0.05, 0.1) is 23.0 Å². The molecule has 9 heteroatoms. The van der Waals surface area contributed by atoms with Crippen molar-refractivity contribution in [1.82, 2.24) is 14.8 Å². The summed E-state index contributed by atoms with van der Waals surface area (Å²) in [5.41, 5.74) is 0.527. The Kier molecular flexibility index (Phi) is 4.82. The molecular formula is C17H12BrF3N4O. The number of aromatic nitrogens is 3. The summed E-state index contributed by atoms with van der Waals surface area (Å²) in [6, 6.07) is 9.18. The monoisotopic (exact) mass is 424 g/mol. The number of nitrogens with one attached hydrogen (secondary N) is 1. The lowest BCUT2D eigenvalue weighted by Crippen LogP contribution is -2.13. The van der Waals surface area contributed by atoms with Gasteiger partial charge in [-0.1, -0.05) is 15.9 Å². The highest BCUT2D eigenvalue weighted by Crippen LogP contribution is 2.29. The SMILES string of the molecule is Cc1c(C(=O)Nc2ccc(Br)cc2)cnn1-c1ccc(C(F)(F)F)cn1. The van der Waals surface area contributed by atoms with E-state index in [0.29, 0.717) is 16.9 Å². The zero-order valence-electron chi connectivity index (χ0n) is 13.4. The molecule has 0 aliphatic heterocycles. The molecule has 3 aromatic rings. The highest BCUT2D eigenvalue weighted by Gasteiger charge is 2.30. The summed E-state index contributed by atoms with van der Waals surface area (Å²) in [5, 5.41) is 6.80. The molecule has 134 valence electrons. The van der Waals surface area contributed by atoms with E-state index in [1.165, 1.54) is 16.9 Å². The Morgan fingerprint density at radius 1 is 1.12 bits per heavy atom. The Hall–Kier alpha value is -2.68. The number of halogens is 4. The van der Waals surface area contributed by atoms with Crippen LogP contribution in [0.4, 0.5) is 18.9 Å². The third kappa shape index (κ3) is 3.77. The zero-order valence-corrected chi connectivity index (χ0v) is 15.0. The van der Waals surface area contributed by atoms with Crippen molar-refractivity contribution in [2.75, 3.05) is 5.32 Å². The van der Waals surface area contributed by atoms with Gasteiger partial charge in [-0.25, -0.2) is 9.67 Å². The van der Waals surface area contributed by atoms with Gasteiger partial charge in [0.15, 0.2) is 5.82 Å². The summed E-state index contributed by atoms with van der Waals surface area (Å²) in [6.45, 7) is 1.64. The van der Waals surface area contributed by atoms with Gasteiger partial charge >= 0.3 is 6.18 Å². The maximum absolute atomic E-state index is 12.6. The molecule has 1 aromatic carbocycles. The minimum absolute atomic E-state index is 0.193. The van der Waals surface area contributed by atoms with Crippen LogP contribution < -0.4 is 5.32 Å². The fourth-order valence-corrected chi connectivity index (χ4v) is 2.54. The quantitative estimate of drug-likeness (QED) is 0.667. The molecule has 5 nitrogen and oxygen atoms in total. The molecule has 2 aromatic heterocycles. The number of pyridine rings is 1. The average Bonchev–Trinajstić information content (AvgIpc) is 2.98. The van der Waals surface area contributed by atoms with Gasteiger partial charge in [0.25, 0.3) is 5.91 Å². The number of alkyl halides is 3. The van der Waals surface area contributed by atoms with E-state index in [9.17, 15) is 18.0 Å². The number of carbonyl (C=O) groups is 1. The fraction of sp³-hybridized carbons (Fsp3) is 0.118. The van der Waals surface area contributed by atoms with E-state index < -0.39 is 11.7 Å². The first-order chi connectivity index (χ1) is 12.3. The van der Waals surface area contributed by atoms with Crippen molar-refractivity contribution in [1.29, 1.82) is 0 Å². The van der Waals surface area contributed by atoms with Gasteiger partial charge in [-0.2, -0.15) is 18.3 Å². The third-order valence-electron chi connectivity index (χ3n) is 3.65. The molecule has 0 bridgehead atoms. The molecule has 1 N–H and O–H groups in total. The molecular weight excluding hydrogens is 413 g/mol. The van der Waals surface area contributed by atoms with Crippen molar-refractivity contribution < 1.29 is 18.0 Å². The summed E-state index contributed by atoms with van der Waals surface area (Å²) in [4.78, 5) is 16.2. The van der Waals surface area contributed by atoms with Crippen molar-refractivity contribution in [3.8, 4) is 5.82 Å².